The number of hydrogen-bond donors (Lipinski definition) is 0. The van der Waals surface area contributed by atoms with Crippen molar-refractivity contribution in [2.75, 3.05) is 20.8 Å². The summed E-state index contributed by atoms with van der Waals surface area (Å²) in [4.78, 5) is 26.8. The molecule has 0 aromatic heterocycles. The van der Waals surface area contributed by atoms with Gasteiger partial charge in [-0.1, -0.05) is 18.2 Å². The van der Waals surface area contributed by atoms with Crippen molar-refractivity contribution in [2.24, 2.45) is 23.7 Å². The van der Waals surface area contributed by atoms with E-state index in [4.69, 9.17) is 9.47 Å². The molecule has 1 aromatic rings. The predicted octanol–water partition coefficient (Wildman–Crippen LogP) is 2.05. The van der Waals surface area contributed by atoms with Gasteiger partial charge in [-0.05, 0) is 42.4 Å². The largest absolute Gasteiger partial charge is 0.493 e. The van der Waals surface area contributed by atoms with E-state index in [1.165, 1.54) is 4.90 Å². The Bertz CT molecular complexity index is 696. The van der Waals surface area contributed by atoms with Gasteiger partial charge < -0.3 is 9.47 Å². The van der Waals surface area contributed by atoms with E-state index >= 15 is 0 Å². The second-order valence-electron chi connectivity index (χ2n) is 6.77. The van der Waals surface area contributed by atoms with Crippen molar-refractivity contribution in [2.45, 2.75) is 12.8 Å². The average molecular weight is 327 g/mol. The Morgan fingerprint density at radius 2 is 1.62 bits per heavy atom. The van der Waals surface area contributed by atoms with Crippen molar-refractivity contribution >= 4 is 11.8 Å². The van der Waals surface area contributed by atoms with Gasteiger partial charge in [0.05, 0.1) is 26.1 Å². The first-order valence-corrected chi connectivity index (χ1v) is 8.38. The third-order valence-corrected chi connectivity index (χ3v) is 5.63. The Balaban J connectivity index is 1.47. The van der Waals surface area contributed by atoms with Crippen molar-refractivity contribution in [1.82, 2.24) is 4.90 Å². The van der Waals surface area contributed by atoms with Crippen molar-refractivity contribution < 1.29 is 19.1 Å². The summed E-state index contributed by atoms with van der Waals surface area (Å²) in [6.07, 6.45) is 5.83. The standard InChI is InChI=1S/C19H21NO4/c1-23-14-6-3-11(9-15(14)24-2)7-8-20-18(21)16-12-4-5-13(10-12)17(16)19(20)22/h3-6,9,12-13,16-17H,7-8,10H2,1-2H3/t12-,13-,16+,17+/m0/s1. The number of imide groups is 1. The predicted molar refractivity (Wildman–Crippen MR) is 87.7 cm³/mol. The van der Waals surface area contributed by atoms with E-state index in [1.807, 2.05) is 18.2 Å². The van der Waals surface area contributed by atoms with Gasteiger partial charge in [0.2, 0.25) is 11.8 Å². The fourth-order valence-corrected chi connectivity index (χ4v) is 4.46. The van der Waals surface area contributed by atoms with E-state index in [1.54, 1.807) is 14.2 Å². The lowest BCUT2D eigenvalue weighted by molar-refractivity contribution is -0.140. The minimum Gasteiger partial charge on any atom is -0.493 e. The fraction of sp³-hybridized carbons (Fsp3) is 0.474. The van der Waals surface area contributed by atoms with Gasteiger partial charge in [0.1, 0.15) is 0 Å². The summed E-state index contributed by atoms with van der Waals surface area (Å²) in [5.74, 6) is 1.67. The molecular formula is C19H21NO4. The SMILES string of the molecule is COc1ccc(CCN2C(=O)[C@H]3[C@H](C2=O)[C@H]2C=C[C@H]3C2)cc1OC. The number of rotatable bonds is 5. The Labute approximate surface area is 141 Å². The topological polar surface area (TPSA) is 55.8 Å². The maximum absolute atomic E-state index is 12.7. The van der Waals surface area contributed by atoms with Crippen molar-refractivity contribution in [3.05, 3.63) is 35.9 Å². The second kappa shape index (κ2) is 5.65. The summed E-state index contributed by atoms with van der Waals surface area (Å²) in [6, 6.07) is 5.69. The molecule has 1 aliphatic heterocycles. The summed E-state index contributed by atoms with van der Waals surface area (Å²) in [5.41, 5.74) is 1.02. The number of methoxy groups -OCH3 is 2. The molecule has 2 amide bonds. The highest BCUT2D eigenvalue weighted by atomic mass is 16.5. The van der Waals surface area contributed by atoms with Crippen LogP contribution in [0.5, 0.6) is 11.5 Å². The van der Waals surface area contributed by atoms with E-state index < -0.39 is 0 Å². The summed E-state index contributed by atoms with van der Waals surface area (Å²) in [6.45, 7) is 0.430. The molecule has 1 heterocycles. The van der Waals surface area contributed by atoms with Crippen LogP contribution in [0, 0.1) is 23.7 Å². The number of likely N-dealkylation sites (tertiary alicyclic amines) is 1. The zero-order chi connectivity index (χ0) is 16.8. The molecule has 126 valence electrons. The summed E-state index contributed by atoms with van der Waals surface area (Å²) in [7, 11) is 3.19. The van der Waals surface area contributed by atoms with Gasteiger partial charge in [0.15, 0.2) is 11.5 Å². The number of allylic oxidation sites excluding steroid dienone is 2. The molecule has 0 N–H and O–H groups in total. The number of benzene rings is 1. The number of nitrogens with zero attached hydrogens (tertiary/aromatic N) is 1. The molecule has 0 unspecified atom stereocenters. The van der Waals surface area contributed by atoms with Gasteiger partial charge in [0, 0.05) is 6.54 Å². The van der Waals surface area contributed by atoms with Crippen LogP contribution in [0.15, 0.2) is 30.4 Å². The lowest BCUT2D eigenvalue weighted by Gasteiger charge is -2.17. The Morgan fingerprint density at radius 1 is 1.00 bits per heavy atom. The van der Waals surface area contributed by atoms with Crippen LogP contribution < -0.4 is 9.47 Å². The van der Waals surface area contributed by atoms with Crippen LogP contribution in [0.25, 0.3) is 0 Å². The van der Waals surface area contributed by atoms with Gasteiger partial charge in [-0.15, -0.1) is 0 Å². The zero-order valence-electron chi connectivity index (χ0n) is 13.9. The molecule has 2 fully saturated rings. The quantitative estimate of drug-likeness (QED) is 0.613. The highest BCUT2D eigenvalue weighted by Crippen LogP contribution is 2.52. The number of amides is 2. The van der Waals surface area contributed by atoms with Crippen LogP contribution in [-0.4, -0.2) is 37.5 Å². The van der Waals surface area contributed by atoms with Gasteiger partial charge in [-0.3, -0.25) is 14.5 Å². The van der Waals surface area contributed by atoms with Crippen LogP contribution in [0.1, 0.15) is 12.0 Å². The fourth-order valence-electron chi connectivity index (χ4n) is 4.46. The van der Waals surface area contributed by atoms with Crippen LogP contribution in [0.3, 0.4) is 0 Å². The molecule has 5 nitrogen and oxygen atoms in total. The number of hydrogen-bond acceptors (Lipinski definition) is 4. The van der Waals surface area contributed by atoms with Gasteiger partial charge in [-0.2, -0.15) is 0 Å². The molecular weight excluding hydrogens is 306 g/mol. The zero-order valence-corrected chi connectivity index (χ0v) is 13.9. The highest BCUT2D eigenvalue weighted by molar-refractivity contribution is 6.06. The van der Waals surface area contributed by atoms with Crippen LogP contribution >= 0.6 is 0 Å². The number of carbonyl (C=O) groups is 2. The third kappa shape index (κ3) is 2.14. The molecule has 4 rings (SSSR count). The van der Waals surface area contributed by atoms with Crippen molar-refractivity contribution in [3.63, 3.8) is 0 Å². The molecule has 0 radical (unpaired) electrons. The molecule has 1 saturated heterocycles. The maximum atomic E-state index is 12.7. The molecule has 4 atom stereocenters. The Morgan fingerprint density at radius 3 is 2.21 bits per heavy atom. The lowest BCUT2D eigenvalue weighted by atomic mass is 9.85. The van der Waals surface area contributed by atoms with Gasteiger partial charge >= 0.3 is 0 Å². The van der Waals surface area contributed by atoms with Crippen LogP contribution in [0.2, 0.25) is 0 Å². The molecule has 3 aliphatic rings. The first kappa shape index (κ1) is 15.2. The molecule has 1 saturated carbocycles. The Kier molecular flexibility index (Phi) is 3.59. The minimum atomic E-state index is -0.113. The minimum absolute atomic E-state index is 0.0160. The van der Waals surface area contributed by atoms with Gasteiger partial charge in [-0.25, -0.2) is 0 Å². The second-order valence-corrected chi connectivity index (χ2v) is 6.77. The summed E-state index contributed by atoms with van der Waals surface area (Å²) >= 11 is 0. The average Bonchev–Trinajstić information content (AvgIpc) is 3.27. The third-order valence-electron chi connectivity index (χ3n) is 5.63. The Hall–Kier alpha value is -2.30. The van der Waals surface area contributed by atoms with Crippen LogP contribution in [0.4, 0.5) is 0 Å². The van der Waals surface area contributed by atoms with E-state index in [9.17, 15) is 9.59 Å². The highest BCUT2D eigenvalue weighted by Gasteiger charge is 2.58. The van der Waals surface area contributed by atoms with Crippen LogP contribution in [-0.2, 0) is 16.0 Å². The molecule has 2 aliphatic carbocycles. The molecule has 0 spiro atoms. The number of ether oxygens (including phenoxy) is 2. The number of carbonyl (C=O) groups excluding carboxylic acids is 2. The normalized spacial score (nSPS) is 30.2. The first-order chi connectivity index (χ1) is 11.6. The van der Waals surface area contributed by atoms with Crippen molar-refractivity contribution in [3.8, 4) is 11.5 Å². The number of fused-ring (bicyclic) bond motifs is 5. The first-order valence-electron chi connectivity index (χ1n) is 8.38. The molecule has 24 heavy (non-hydrogen) atoms. The van der Waals surface area contributed by atoms with Gasteiger partial charge in [0.25, 0.3) is 0 Å². The lowest BCUT2D eigenvalue weighted by Crippen LogP contribution is -2.34. The van der Waals surface area contributed by atoms with E-state index in [-0.39, 0.29) is 35.5 Å². The van der Waals surface area contributed by atoms with E-state index in [2.05, 4.69) is 12.2 Å². The smallest absolute Gasteiger partial charge is 0.233 e. The molecule has 5 heteroatoms. The maximum Gasteiger partial charge on any atom is 0.233 e. The molecule has 1 aromatic carbocycles. The van der Waals surface area contributed by atoms with E-state index in [0.717, 1.165) is 12.0 Å². The van der Waals surface area contributed by atoms with E-state index in [0.29, 0.717) is 24.5 Å². The monoisotopic (exact) mass is 327 g/mol. The van der Waals surface area contributed by atoms with Crippen molar-refractivity contribution in [1.29, 1.82) is 0 Å². The summed E-state index contributed by atoms with van der Waals surface area (Å²) < 4.78 is 10.5. The molecule has 2 bridgehead atoms. The summed E-state index contributed by atoms with van der Waals surface area (Å²) in [5, 5.41) is 0.